The SMILES string of the molecule is Cc1ccc(C(=O)NCC(=O)NC(C)CCc2ccccc2)s1. The van der Waals surface area contributed by atoms with Crippen LogP contribution in [0.4, 0.5) is 0 Å². The fraction of sp³-hybridized carbons (Fsp3) is 0.333. The van der Waals surface area contributed by atoms with Crippen LogP contribution in [0.15, 0.2) is 42.5 Å². The van der Waals surface area contributed by atoms with E-state index in [1.165, 1.54) is 16.9 Å². The van der Waals surface area contributed by atoms with Crippen molar-refractivity contribution in [2.45, 2.75) is 32.7 Å². The van der Waals surface area contributed by atoms with Gasteiger partial charge in [0.15, 0.2) is 0 Å². The molecule has 0 aliphatic heterocycles. The van der Waals surface area contributed by atoms with Gasteiger partial charge in [-0.15, -0.1) is 11.3 Å². The number of benzene rings is 1. The van der Waals surface area contributed by atoms with Gasteiger partial charge in [-0.25, -0.2) is 0 Å². The third kappa shape index (κ3) is 5.87. The first kappa shape index (κ1) is 17.2. The van der Waals surface area contributed by atoms with Crippen LogP contribution in [0.3, 0.4) is 0 Å². The van der Waals surface area contributed by atoms with Crippen LogP contribution in [0.1, 0.15) is 33.5 Å². The lowest BCUT2D eigenvalue weighted by molar-refractivity contribution is -0.120. The predicted molar refractivity (Wildman–Crippen MR) is 93.8 cm³/mol. The standard InChI is InChI=1S/C18H22N2O2S/c1-13(8-10-15-6-4-3-5-7-15)20-17(21)12-19-18(22)16-11-9-14(2)23-16/h3-7,9,11,13H,8,10,12H2,1-2H3,(H,19,22)(H,20,21). The lowest BCUT2D eigenvalue weighted by Gasteiger charge is -2.14. The lowest BCUT2D eigenvalue weighted by atomic mass is 10.1. The van der Waals surface area contributed by atoms with E-state index in [9.17, 15) is 9.59 Å². The Bertz CT molecular complexity index is 652. The molecule has 0 aliphatic rings. The molecule has 1 aromatic carbocycles. The Hall–Kier alpha value is -2.14. The number of rotatable bonds is 7. The normalized spacial score (nSPS) is 11.7. The second kappa shape index (κ2) is 8.48. The molecule has 2 aromatic rings. The number of carbonyl (C=O) groups is 2. The van der Waals surface area contributed by atoms with E-state index in [0.29, 0.717) is 4.88 Å². The smallest absolute Gasteiger partial charge is 0.261 e. The minimum absolute atomic E-state index is 0.00541. The molecule has 0 spiro atoms. The van der Waals surface area contributed by atoms with Gasteiger partial charge in [0.1, 0.15) is 0 Å². The summed E-state index contributed by atoms with van der Waals surface area (Å²) in [5.74, 6) is -0.359. The monoisotopic (exact) mass is 330 g/mol. The number of aryl methyl sites for hydroxylation is 2. The molecule has 0 fully saturated rings. The maximum Gasteiger partial charge on any atom is 0.261 e. The van der Waals surface area contributed by atoms with Gasteiger partial charge < -0.3 is 10.6 Å². The summed E-state index contributed by atoms with van der Waals surface area (Å²) in [5, 5.41) is 5.56. The van der Waals surface area contributed by atoms with Crippen molar-refractivity contribution in [1.29, 1.82) is 0 Å². The molecule has 2 N–H and O–H groups in total. The third-order valence-electron chi connectivity index (χ3n) is 3.49. The fourth-order valence-corrected chi connectivity index (χ4v) is 3.01. The molecule has 0 aliphatic carbocycles. The number of nitrogens with one attached hydrogen (secondary N) is 2. The minimum atomic E-state index is -0.199. The Kier molecular flexibility index (Phi) is 6.35. The van der Waals surface area contributed by atoms with Gasteiger partial charge in [-0.05, 0) is 44.4 Å². The second-order valence-corrected chi connectivity index (χ2v) is 6.87. The number of carbonyl (C=O) groups excluding carboxylic acids is 2. The summed E-state index contributed by atoms with van der Waals surface area (Å²) in [7, 11) is 0. The molecule has 2 amide bonds. The highest BCUT2D eigenvalue weighted by atomic mass is 32.1. The molecule has 1 unspecified atom stereocenters. The van der Waals surface area contributed by atoms with Gasteiger partial charge >= 0.3 is 0 Å². The van der Waals surface area contributed by atoms with Crippen molar-refractivity contribution in [3.63, 3.8) is 0 Å². The van der Waals surface area contributed by atoms with Gasteiger partial charge in [0.2, 0.25) is 5.91 Å². The van der Waals surface area contributed by atoms with Crippen molar-refractivity contribution in [3.8, 4) is 0 Å². The number of hydrogen-bond acceptors (Lipinski definition) is 3. The number of amides is 2. The van der Waals surface area contributed by atoms with E-state index in [-0.39, 0.29) is 24.4 Å². The van der Waals surface area contributed by atoms with Crippen molar-refractivity contribution in [3.05, 3.63) is 57.8 Å². The van der Waals surface area contributed by atoms with E-state index < -0.39 is 0 Å². The Morgan fingerprint density at radius 2 is 1.87 bits per heavy atom. The van der Waals surface area contributed by atoms with Crippen molar-refractivity contribution >= 4 is 23.2 Å². The van der Waals surface area contributed by atoms with Gasteiger partial charge in [-0.3, -0.25) is 9.59 Å². The van der Waals surface area contributed by atoms with Crippen molar-refractivity contribution in [2.75, 3.05) is 6.54 Å². The first-order valence-corrected chi connectivity index (χ1v) is 8.54. The first-order chi connectivity index (χ1) is 11.0. The minimum Gasteiger partial charge on any atom is -0.352 e. The topological polar surface area (TPSA) is 58.2 Å². The Labute approximate surface area is 140 Å². The highest BCUT2D eigenvalue weighted by Crippen LogP contribution is 2.14. The fourth-order valence-electron chi connectivity index (χ4n) is 2.23. The lowest BCUT2D eigenvalue weighted by Crippen LogP contribution is -2.40. The van der Waals surface area contributed by atoms with E-state index >= 15 is 0 Å². The van der Waals surface area contributed by atoms with Gasteiger partial charge in [-0.1, -0.05) is 30.3 Å². The highest BCUT2D eigenvalue weighted by molar-refractivity contribution is 7.13. The molecule has 0 saturated carbocycles. The molecule has 1 atom stereocenters. The molecule has 23 heavy (non-hydrogen) atoms. The average Bonchev–Trinajstić information content (AvgIpc) is 2.98. The molecular formula is C18H22N2O2S. The van der Waals surface area contributed by atoms with E-state index in [0.717, 1.165) is 17.7 Å². The molecule has 0 saturated heterocycles. The van der Waals surface area contributed by atoms with E-state index in [2.05, 4.69) is 22.8 Å². The molecule has 0 bridgehead atoms. The Balaban J connectivity index is 1.68. The molecular weight excluding hydrogens is 308 g/mol. The summed E-state index contributed by atoms with van der Waals surface area (Å²) in [4.78, 5) is 25.5. The summed E-state index contributed by atoms with van der Waals surface area (Å²) >= 11 is 1.42. The van der Waals surface area contributed by atoms with Gasteiger partial charge in [-0.2, -0.15) is 0 Å². The van der Waals surface area contributed by atoms with Crippen LogP contribution in [-0.4, -0.2) is 24.4 Å². The maximum absolute atomic E-state index is 11.9. The van der Waals surface area contributed by atoms with Gasteiger partial charge in [0.25, 0.3) is 5.91 Å². The quantitative estimate of drug-likeness (QED) is 0.820. The highest BCUT2D eigenvalue weighted by Gasteiger charge is 2.11. The van der Waals surface area contributed by atoms with Gasteiger partial charge in [0.05, 0.1) is 11.4 Å². The molecule has 0 radical (unpaired) electrons. The van der Waals surface area contributed by atoms with Crippen LogP contribution in [0.2, 0.25) is 0 Å². The number of thiophene rings is 1. The summed E-state index contributed by atoms with van der Waals surface area (Å²) in [6, 6.07) is 13.9. The summed E-state index contributed by atoms with van der Waals surface area (Å²) in [6.07, 6.45) is 1.79. The molecule has 122 valence electrons. The number of hydrogen-bond donors (Lipinski definition) is 2. The second-order valence-electron chi connectivity index (χ2n) is 5.59. The zero-order chi connectivity index (χ0) is 16.7. The molecule has 1 aromatic heterocycles. The average molecular weight is 330 g/mol. The Morgan fingerprint density at radius 3 is 2.52 bits per heavy atom. The molecule has 4 nitrogen and oxygen atoms in total. The van der Waals surface area contributed by atoms with Crippen LogP contribution >= 0.6 is 11.3 Å². The molecule has 2 rings (SSSR count). The summed E-state index contributed by atoms with van der Waals surface area (Å²) in [5.41, 5.74) is 1.26. The van der Waals surface area contributed by atoms with Crippen LogP contribution < -0.4 is 10.6 Å². The summed E-state index contributed by atoms with van der Waals surface area (Å²) in [6.45, 7) is 3.93. The zero-order valence-corrected chi connectivity index (χ0v) is 14.3. The van der Waals surface area contributed by atoms with E-state index in [1.807, 2.05) is 38.1 Å². The van der Waals surface area contributed by atoms with E-state index in [1.54, 1.807) is 6.07 Å². The van der Waals surface area contributed by atoms with Crippen LogP contribution in [-0.2, 0) is 11.2 Å². The molecule has 1 heterocycles. The molecule has 5 heteroatoms. The van der Waals surface area contributed by atoms with Crippen LogP contribution in [0, 0.1) is 6.92 Å². The van der Waals surface area contributed by atoms with Crippen LogP contribution in [0.5, 0.6) is 0 Å². The third-order valence-corrected chi connectivity index (χ3v) is 4.49. The zero-order valence-electron chi connectivity index (χ0n) is 13.5. The van der Waals surface area contributed by atoms with Crippen molar-refractivity contribution in [1.82, 2.24) is 10.6 Å². The van der Waals surface area contributed by atoms with E-state index in [4.69, 9.17) is 0 Å². The first-order valence-electron chi connectivity index (χ1n) is 7.72. The predicted octanol–water partition coefficient (Wildman–Crippen LogP) is 2.92. The summed E-state index contributed by atoms with van der Waals surface area (Å²) < 4.78 is 0. The van der Waals surface area contributed by atoms with Crippen LogP contribution in [0.25, 0.3) is 0 Å². The van der Waals surface area contributed by atoms with Gasteiger partial charge in [0, 0.05) is 10.9 Å². The Morgan fingerprint density at radius 1 is 1.13 bits per heavy atom. The maximum atomic E-state index is 11.9. The van der Waals surface area contributed by atoms with Crippen molar-refractivity contribution in [2.24, 2.45) is 0 Å². The van der Waals surface area contributed by atoms with Crippen molar-refractivity contribution < 1.29 is 9.59 Å². The largest absolute Gasteiger partial charge is 0.352 e.